The van der Waals surface area contributed by atoms with E-state index in [1.807, 2.05) is 11.3 Å². The Balaban J connectivity index is 1.02. The van der Waals surface area contributed by atoms with E-state index in [1.165, 1.54) is 92.0 Å². The summed E-state index contributed by atoms with van der Waals surface area (Å²) < 4.78 is 36.3. The van der Waals surface area contributed by atoms with Gasteiger partial charge in [-0.25, -0.2) is 8.42 Å². The molecule has 2 aromatic carbocycles. The van der Waals surface area contributed by atoms with Crippen LogP contribution in [0.3, 0.4) is 0 Å². The summed E-state index contributed by atoms with van der Waals surface area (Å²) in [5, 5.41) is 8.62. The lowest BCUT2D eigenvalue weighted by Gasteiger charge is -2.56. The molecule has 0 bridgehead atoms. The summed E-state index contributed by atoms with van der Waals surface area (Å²) in [4.78, 5) is 4.16. The molecule has 0 atom stereocenters. The van der Waals surface area contributed by atoms with Crippen LogP contribution in [0.5, 0.6) is 5.75 Å². The number of hydrogen-bond acceptors (Lipinski definition) is 8. The summed E-state index contributed by atoms with van der Waals surface area (Å²) in [6.45, 7) is 4.89. The van der Waals surface area contributed by atoms with Crippen LogP contribution in [0.25, 0.3) is 10.1 Å². The van der Waals surface area contributed by atoms with Crippen LogP contribution in [0.4, 0.5) is 11.4 Å². The highest BCUT2D eigenvalue weighted by atomic mass is 32.2. The number of methoxy groups -OCH3 is 1. The number of ether oxygens (including phenoxy) is 2. The number of nitrogens with zero attached hydrogens (tertiary/aromatic N) is 1. The first kappa shape index (κ1) is 30.9. The maximum absolute atomic E-state index is 11.9. The molecule has 2 aliphatic heterocycles. The third-order valence-electron chi connectivity index (χ3n) is 10.4. The van der Waals surface area contributed by atoms with Crippen molar-refractivity contribution in [2.24, 2.45) is 11.3 Å². The van der Waals surface area contributed by atoms with Gasteiger partial charge in [-0.3, -0.25) is 4.90 Å². The van der Waals surface area contributed by atoms with Crippen LogP contribution in [-0.4, -0.2) is 71.6 Å². The normalized spacial score (nSPS) is 23.2. The van der Waals surface area contributed by atoms with Gasteiger partial charge in [0, 0.05) is 56.1 Å². The fourth-order valence-corrected chi connectivity index (χ4v) is 9.33. The van der Waals surface area contributed by atoms with Crippen molar-refractivity contribution in [2.45, 2.75) is 74.8 Å². The van der Waals surface area contributed by atoms with E-state index in [1.54, 1.807) is 25.3 Å². The molecule has 4 fully saturated rings. The predicted molar refractivity (Wildman–Crippen MR) is 183 cm³/mol. The lowest BCUT2D eigenvalue weighted by molar-refractivity contribution is -0.102. The lowest BCUT2D eigenvalue weighted by atomic mass is 9.71. The van der Waals surface area contributed by atoms with Gasteiger partial charge in [0.1, 0.15) is 5.75 Å². The molecule has 2 saturated carbocycles. The smallest absolute Gasteiger partial charge is 0.175 e. The Morgan fingerprint density at radius 1 is 1.04 bits per heavy atom. The number of nitrogens with one attached hydrogen (secondary N) is 2. The van der Waals surface area contributed by atoms with Crippen LogP contribution >= 0.6 is 11.3 Å². The number of hydrogen-bond donors (Lipinski definition) is 2. The van der Waals surface area contributed by atoms with Crippen LogP contribution in [0.2, 0.25) is 0 Å². The van der Waals surface area contributed by atoms with Gasteiger partial charge in [0.25, 0.3) is 0 Å². The van der Waals surface area contributed by atoms with E-state index < -0.39 is 9.84 Å². The van der Waals surface area contributed by atoms with E-state index in [-0.39, 0.29) is 4.90 Å². The molecule has 4 aliphatic rings. The molecule has 1 aromatic heterocycles. The average Bonchev–Trinajstić information content (AvgIpc) is 3.78. The van der Waals surface area contributed by atoms with Crippen LogP contribution in [0, 0.1) is 23.2 Å². The van der Waals surface area contributed by atoms with E-state index in [9.17, 15) is 8.42 Å². The second kappa shape index (κ2) is 12.8. The van der Waals surface area contributed by atoms with Gasteiger partial charge < -0.3 is 20.1 Å². The second-order valence-corrected chi connectivity index (χ2v) is 16.7. The molecule has 240 valence electrons. The van der Waals surface area contributed by atoms with Crippen molar-refractivity contribution in [3.63, 3.8) is 0 Å². The van der Waals surface area contributed by atoms with Crippen molar-refractivity contribution >= 4 is 42.6 Å². The Morgan fingerprint density at radius 2 is 1.82 bits per heavy atom. The van der Waals surface area contributed by atoms with Gasteiger partial charge in [-0.1, -0.05) is 24.0 Å². The van der Waals surface area contributed by atoms with Gasteiger partial charge in [-0.2, -0.15) is 0 Å². The molecule has 0 unspecified atom stereocenters. The quantitative estimate of drug-likeness (QED) is 0.255. The summed E-state index contributed by atoms with van der Waals surface area (Å²) in [6, 6.07) is 12.9. The zero-order valence-corrected chi connectivity index (χ0v) is 28.1. The first-order chi connectivity index (χ1) is 21.8. The topological polar surface area (TPSA) is 79.9 Å². The number of benzene rings is 2. The number of rotatable bonds is 9. The zero-order chi connectivity index (χ0) is 31.0. The molecule has 0 amide bonds. The first-order valence-corrected chi connectivity index (χ1v) is 19.2. The molecule has 3 aromatic rings. The highest BCUT2D eigenvalue weighted by Crippen LogP contribution is 2.44. The number of likely N-dealkylation sites (tertiary alicyclic amines) is 1. The molecule has 1 spiro atoms. The summed E-state index contributed by atoms with van der Waals surface area (Å²) >= 11 is 1.82. The molecule has 2 aliphatic carbocycles. The Labute approximate surface area is 272 Å². The monoisotopic (exact) mass is 647 g/mol. The minimum absolute atomic E-state index is 0.239. The average molecular weight is 648 g/mol. The van der Waals surface area contributed by atoms with Gasteiger partial charge in [-0.05, 0) is 92.9 Å². The maximum Gasteiger partial charge on any atom is 0.175 e. The highest BCUT2D eigenvalue weighted by molar-refractivity contribution is 7.90. The van der Waals surface area contributed by atoms with Gasteiger partial charge in [0.05, 0.1) is 39.5 Å². The number of anilines is 2. The molecule has 3 heterocycles. The summed E-state index contributed by atoms with van der Waals surface area (Å²) in [7, 11) is -1.76. The number of fused-ring (bicyclic) bond motifs is 1. The van der Waals surface area contributed by atoms with Crippen molar-refractivity contribution in [1.29, 1.82) is 0 Å². The molecular weight excluding hydrogens is 603 g/mol. The minimum atomic E-state index is -3.30. The molecular formula is C36H45N3O4S2. The summed E-state index contributed by atoms with van der Waals surface area (Å²) in [6.07, 6.45) is 12.4. The highest BCUT2D eigenvalue weighted by Gasteiger charge is 2.46. The van der Waals surface area contributed by atoms with Crippen molar-refractivity contribution in [1.82, 2.24) is 4.90 Å². The third kappa shape index (κ3) is 6.85. The largest absolute Gasteiger partial charge is 0.495 e. The van der Waals surface area contributed by atoms with Crippen LogP contribution in [-0.2, 0) is 21.0 Å². The summed E-state index contributed by atoms with van der Waals surface area (Å²) in [5.74, 6) is 8.09. The number of thiophene rings is 1. The van der Waals surface area contributed by atoms with Crippen molar-refractivity contribution in [3.8, 4) is 17.6 Å². The zero-order valence-electron chi connectivity index (χ0n) is 26.5. The summed E-state index contributed by atoms with van der Waals surface area (Å²) in [5.41, 5.74) is 3.93. The van der Waals surface area contributed by atoms with Gasteiger partial charge in [0.2, 0.25) is 0 Å². The van der Waals surface area contributed by atoms with E-state index >= 15 is 0 Å². The lowest BCUT2D eigenvalue weighted by Crippen LogP contribution is -2.62. The van der Waals surface area contributed by atoms with Crippen molar-refractivity contribution in [3.05, 3.63) is 46.8 Å². The Bertz CT molecular complexity index is 1700. The Kier molecular flexibility index (Phi) is 8.77. The molecule has 2 N–H and O–H groups in total. The van der Waals surface area contributed by atoms with Gasteiger partial charge in [-0.15, -0.1) is 11.3 Å². The number of sulfone groups is 1. The molecule has 0 radical (unpaired) electrons. The maximum atomic E-state index is 11.9. The van der Waals surface area contributed by atoms with Crippen molar-refractivity contribution in [2.75, 3.05) is 56.8 Å². The second-order valence-electron chi connectivity index (χ2n) is 13.7. The van der Waals surface area contributed by atoms with Crippen molar-refractivity contribution < 1.29 is 17.9 Å². The third-order valence-corrected chi connectivity index (χ3v) is 12.7. The van der Waals surface area contributed by atoms with E-state index in [4.69, 9.17) is 9.47 Å². The Hall–Kier alpha value is -2.77. The predicted octanol–water partition coefficient (Wildman–Crippen LogP) is 6.57. The minimum Gasteiger partial charge on any atom is -0.495 e. The van der Waals surface area contributed by atoms with Crippen LogP contribution in [0.15, 0.2) is 41.3 Å². The Morgan fingerprint density at radius 3 is 2.53 bits per heavy atom. The van der Waals surface area contributed by atoms with E-state index in [2.05, 4.69) is 45.6 Å². The van der Waals surface area contributed by atoms with E-state index in [0.717, 1.165) is 42.2 Å². The van der Waals surface area contributed by atoms with Crippen LogP contribution in [0.1, 0.15) is 61.8 Å². The fraction of sp³-hybridized carbons (Fsp3) is 0.556. The molecule has 9 heteroatoms. The molecule has 2 saturated heterocycles. The molecule has 7 nitrogen and oxygen atoms in total. The SMILES string of the molecule is COc1cc(S(C)(=O)=O)ccc1NCC#Cc1sc2c(NC3CCC(N4CC5(CCOCC5)C4)CC3)cccc2c1CC1CC1. The molecule has 45 heavy (non-hydrogen) atoms. The van der Waals surface area contributed by atoms with E-state index in [0.29, 0.717) is 23.8 Å². The standard InChI is InChI=1S/C36H45N3O4S2/c1-42-33-22-28(45(2,40)41)14-15-31(33)37-18-4-7-34-30(21-25-8-9-25)29-5-3-6-32(35(29)44-34)38-26-10-12-27(13-11-26)39-23-36(24-39)16-19-43-20-17-36/h3,5-6,14-15,22,25-27,37-38H,8-13,16-21,23-24H2,1-2H3. The van der Waals surface area contributed by atoms with Gasteiger partial charge >= 0.3 is 0 Å². The van der Waals surface area contributed by atoms with Gasteiger partial charge in [0.15, 0.2) is 9.84 Å². The first-order valence-electron chi connectivity index (χ1n) is 16.5. The molecule has 7 rings (SSSR count). The van der Waals surface area contributed by atoms with Crippen LogP contribution < -0.4 is 15.4 Å². The fourth-order valence-electron chi connectivity index (χ4n) is 7.51.